The van der Waals surface area contributed by atoms with E-state index < -0.39 is 0 Å². The molecule has 2 aromatic carbocycles. The average molecular weight is 675 g/mol. The maximum atomic E-state index is 15.0. The van der Waals surface area contributed by atoms with Gasteiger partial charge in [0.2, 0.25) is 5.78 Å². The van der Waals surface area contributed by atoms with Crippen LogP contribution in [0.1, 0.15) is 239 Å². The molecule has 5 atom stereocenters. The number of carbonyl (C=O) groups is 1. The van der Waals surface area contributed by atoms with Crippen LogP contribution in [0.15, 0.2) is 30.0 Å². The lowest BCUT2D eigenvalue weighted by atomic mass is 9.76. The number of rotatable bonds is 24. The average Bonchev–Trinajstić information content (AvgIpc) is 3.11. The van der Waals surface area contributed by atoms with Crippen LogP contribution in [0, 0.1) is 0 Å². The van der Waals surface area contributed by atoms with Gasteiger partial charge in [0.15, 0.2) is 5.76 Å². The van der Waals surface area contributed by atoms with E-state index in [0.29, 0.717) is 11.8 Å². The topological polar surface area (TPSA) is 46.5 Å². The van der Waals surface area contributed by atoms with Gasteiger partial charge in [-0.15, -0.1) is 0 Å². The van der Waals surface area contributed by atoms with E-state index in [2.05, 4.69) is 93.5 Å². The Hall–Kier alpha value is -2.55. The van der Waals surface area contributed by atoms with Crippen molar-refractivity contribution in [2.45, 2.75) is 195 Å². The van der Waals surface area contributed by atoms with Crippen LogP contribution in [0.2, 0.25) is 0 Å². The number of Topliss-reactive ketones (excluding diaryl/α,β-unsaturated/α-hetero) is 1. The first kappa shape index (κ1) is 42.6. The van der Waals surface area contributed by atoms with Crippen molar-refractivity contribution in [1.29, 1.82) is 0 Å². The van der Waals surface area contributed by atoms with Crippen LogP contribution >= 0.6 is 0 Å². The third-order valence-electron chi connectivity index (χ3n) is 11.0. The van der Waals surface area contributed by atoms with Crippen molar-refractivity contribution >= 4 is 11.9 Å². The van der Waals surface area contributed by atoms with Crippen molar-refractivity contribution in [2.24, 2.45) is 0 Å². The highest BCUT2D eigenvalue weighted by molar-refractivity contribution is 6.12. The minimum Gasteiger partial charge on any atom is -0.504 e. The van der Waals surface area contributed by atoms with Gasteiger partial charge in [-0.05, 0) is 102 Å². The van der Waals surface area contributed by atoms with E-state index in [1.807, 2.05) is 0 Å². The molecule has 0 saturated heterocycles. The van der Waals surface area contributed by atoms with Gasteiger partial charge in [-0.3, -0.25) is 4.79 Å². The number of allylic oxidation sites excluding steroid dienone is 1. The number of hydrogen-bond donors (Lipinski definition) is 1. The second-order valence-electron chi connectivity index (χ2n) is 15.3. The molecule has 0 aliphatic rings. The van der Waals surface area contributed by atoms with E-state index in [-0.39, 0.29) is 29.3 Å². The van der Waals surface area contributed by atoms with Gasteiger partial charge >= 0.3 is 0 Å². The van der Waals surface area contributed by atoms with Gasteiger partial charge in [0.25, 0.3) is 0 Å². The number of aliphatic hydroxyl groups excluding tert-OH is 1. The molecule has 2 rings (SSSR count). The quantitative estimate of drug-likeness (QED) is 0.0685. The monoisotopic (exact) mass is 675 g/mol. The summed E-state index contributed by atoms with van der Waals surface area (Å²) in [5.41, 5.74) is 7.55. The Labute approximate surface area is 302 Å². The molecule has 2 aromatic rings. The van der Waals surface area contributed by atoms with Gasteiger partial charge in [-0.25, -0.2) is 0 Å². The summed E-state index contributed by atoms with van der Waals surface area (Å²) >= 11 is 0. The largest absolute Gasteiger partial charge is 0.504 e. The van der Waals surface area contributed by atoms with Crippen LogP contribution in [0.25, 0.3) is 6.08 Å². The molecule has 276 valence electrons. The molecule has 1 N–H and O–H groups in total. The van der Waals surface area contributed by atoms with Crippen LogP contribution in [-0.2, 0) is 0 Å². The smallest absolute Gasteiger partial charge is 0.227 e. The zero-order valence-electron chi connectivity index (χ0n) is 33.6. The number of benzene rings is 2. The summed E-state index contributed by atoms with van der Waals surface area (Å²) in [6, 6.07) is 8.98. The highest BCUT2D eigenvalue weighted by atomic mass is 16.5. The molecule has 0 bridgehead atoms. The second kappa shape index (κ2) is 22.3. The Morgan fingerprint density at radius 2 is 1.06 bits per heavy atom. The molecule has 0 aliphatic heterocycles. The Balaban J connectivity index is 2.92. The fraction of sp³-hybridized carbons (Fsp3) is 0.674. The predicted octanol–water partition coefficient (Wildman–Crippen LogP) is 14.9. The summed E-state index contributed by atoms with van der Waals surface area (Å²) in [4.78, 5) is 15.0. The van der Waals surface area contributed by atoms with Crippen LogP contribution in [0.3, 0.4) is 0 Å². The predicted molar refractivity (Wildman–Crippen MR) is 214 cm³/mol. The molecule has 3 nitrogen and oxygen atoms in total. The van der Waals surface area contributed by atoms with Gasteiger partial charge < -0.3 is 9.84 Å². The summed E-state index contributed by atoms with van der Waals surface area (Å²) in [5.74, 6) is 1.90. The van der Waals surface area contributed by atoms with Gasteiger partial charge in [0.1, 0.15) is 5.75 Å². The summed E-state index contributed by atoms with van der Waals surface area (Å²) in [6.07, 6.45) is 18.5. The Morgan fingerprint density at radius 3 is 1.55 bits per heavy atom. The molecule has 49 heavy (non-hydrogen) atoms. The fourth-order valence-electron chi connectivity index (χ4n) is 7.71. The van der Waals surface area contributed by atoms with Gasteiger partial charge in [0, 0.05) is 11.1 Å². The first-order chi connectivity index (χ1) is 23.5. The van der Waals surface area contributed by atoms with Gasteiger partial charge in [-0.1, -0.05) is 152 Å². The molecule has 0 spiro atoms. The minimum absolute atomic E-state index is 0.157. The van der Waals surface area contributed by atoms with Gasteiger partial charge in [-0.2, -0.15) is 0 Å². The summed E-state index contributed by atoms with van der Waals surface area (Å²) in [5, 5.41) is 12.0. The normalized spacial score (nSPS) is 15.1. The third kappa shape index (κ3) is 12.0. The van der Waals surface area contributed by atoms with E-state index >= 15 is 0 Å². The van der Waals surface area contributed by atoms with Crippen molar-refractivity contribution in [3.05, 3.63) is 69.0 Å². The maximum absolute atomic E-state index is 15.0. The Bertz CT molecular complexity index is 1300. The number of hydrogen-bond acceptors (Lipinski definition) is 3. The standard InChI is InChI=1S/C46H74O3/c1-12-17-22-32(6)37-29-38(43(42(31-37)49-11)35(9)25-20-15-4)30-41(47)46(48)45-40(34(8)24-19-14-3)28-27-39(33(7)23-18-13-2)44(45)36(10)26-21-16-5/h27-36,47H,12-26H2,1-11H3/b41-30-. The van der Waals surface area contributed by atoms with Crippen LogP contribution < -0.4 is 4.74 Å². The molecule has 0 heterocycles. The molecule has 3 heteroatoms. The lowest BCUT2D eigenvalue weighted by Gasteiger charge is -2.28. The minimum atomic E-state index is -0.225. The first-order valence-corrected chi connectivity index (χ1v) is 20.3. The van der Waals surface area contributed by atoms with Crippen molar-refractivity contribution < 1.29 is 14.6 Å². The summed E-state index contributed by atoms with van der Waals surface area (Å²) in [6.45, 7) is 22.6. The molecule has 0 fully saturated rings. The molecule has 0 radical (unpaired) electrons. The number of ketones is 1. The Morgan fingerprint density at radius 1 is 0.633 bits per heavy atom. The number of aliphatic hydroxyl groups is 1. The number of carbonyl (C=O) groups excluding carboxylic acids is 1. The zero-order valence-corrected chi connectivity index (χ0v) is 33.6. The second-order valence-corrected chi connectivity index (χ2v) is 15.3. The van der Waals surface area contributed by atoms with Crippen molar-refractivity contribution in [3.8, 4) is 5.75 Å². The summed E-state index contributed by atoms with van der Waals surface area (Å²) in [7, 11) is 1.75. The van der Waals surface area contributed by atoms with Crippen LogP contribution in [-0.4, -0.2) is 18.0 Å². The lowest BCUT2D eigenvalue weighted by Crippen LogP contribution is -2.17. The zero-order chi connectivity index (χ0) is 36.5. The van der Waals surface area contributed by atoms with Crippen molar-refractivity contribution in [2.75, 3.05) is 7.11 Å². The van der Waals surface area contributed by atoms with E-state index in [9.17, 15) is 9.90 Å². The van der Waals surface area contributed by atoms with E-state index in [1.54, 1.807) is 13.2 Å². The molecule has 5 unspecified atom stereocenters. The third-order valence-corrected chi connectivity index (χ3v) is 11.0. The fourth-order valence-corrected chi connectivity index (χ4v) is 7.71. The van der Waals surface area contributed by atoms with E-state index in [4.69, 9.17) is 4.74 Å². The highest BCUT2D eigenvalue weighted by Gasteiger charge is 2.29. The number of unbranched alkanes of at least 4 members (excludes halogenated alkanes) is 5. The Kier molecular flexibility index (Phi) is 19.4. The number of methoxy groups -OCH3 is 1. The molecule has 0 saturated carbocycles. The first-order valence-electron chi connectivity index (χ1n) is 20.3. The van der Waals surface area contributed by atoms with Crippen LogP contribution in [0.5, 0.6) is 5.75 Å². The lowest BCUT2D eigenvalue weighted by molar-refractivity contribution is 0.0977. The maximum Gasteiger partial charge on any atom is 0.227 e. The van der Waals surface area contributed by atoms with E-state index in [1.165, 1.54) is 23.1 Å². The van der Waals surface area contributed by atoms with E-state index in [0.717, 1.165) is 118 Å². The van der Waals surface area contributed by atoms with Crippen molar-refractivity contribution in [3.63, 3.8) is 0 Å². The molecular weight excluding hydrogens is 601 g/mol. The molecule has 0 aliphatic carbocycles. The molecule has 0 amide bonds. The SMILES string of the molecule is CCCCC(C)c1cc(/C=C(\O)C(=O)c2c(C(C)CCCC)ccc(C(C)CCCC)c2C(C)CCCC)c(C(C)CCCC)c(OC)c1. The summed E-state index contributed by atoms with van der Waals surface area (Å²) < 4.78 is 6.06. The highest BCUT2D eigenvalue weighted by Crippen LogP contribution is 2.41. The van der Waals surface area contributed by atoms with Gasteiger partial charge in [0.05, 0.1) is 7.11 Å². The van der Waals surface area contributed by atoms with Crippen LogP contribution in [0.4, 0.5) is 0 Å². The van der Waals surface area contributed by atoms with Crippen molar-refractivity contribution in [1.82, 2.24) is 0 Å². The molecule has 0 aromatic heterocycles. The number of ether oxygens (including phenoxy) is 1. The molecular formula is C46H74O3.